The summed E-state index contributed by atoms with van der Waals surface area (Å²) in [4.78, 5) is 7.77. The Morgan fingerprint density at radius 1 is 1.21 bits per heavy atom. The fourth-order valence-electron chi connectivity index (χ4n) is 1.58. The van der Waals surface area contributed by atoms with Crippen molar-refractivity contribution in [3.8, 4) is 11.8 Å². The van der Waals surface area contributed by atoms with Crippen LogP contribution >= 0.6 is 0 Å². The summed E-state index contributed by atoms with van der Waals surface area (Å²) in [6.07, 6.45) is -3.85. The fraction of sp³-hybridized carbons (Fsp3) is 0.636. The lowest BCUT2D eigenvalue weighted by Gasteiger charge is -2.17. The molecule has 1 atom stereocenters. The van der Waals surface area contributed by atoms with E-state index in [2.05, 4.69) is 15.3 Å². The second-order valence-electron chi connectivity index (χ2n) is 3.97. The fourth-order valence-corrected chi connectivity index (χ4v) is 1.58. The van der Waals surface area contributed by atoms with Crippen molar-refractivity contribution in [2.45, 2.75) is 32.1 Å². The molecule has 0 amide bonds. The van der Waals surface area contributed by atoms with Crippen molar-refractivity contribution in [3.63, 3.8) is 0 Å². The molecular formula is C11H16F3N3O2. The highest BCUT2D eigenvalue weighted by Crippen LogP contribution is 2.25. The van der Waals surface area contributed by atoms with Crippen LogP contribution in [-0.4, -0.2) is 36.4 Å². The lowest BCUT2D eigenvalue weighted by Crippen LogP contribution is -2.31. The molecule has 0 aliphatic heterocycles. The number of alkyl halides is 3. The van der Waals surface area contributed by atoms with Gasteiger partial charge in [0.2, 0.25) is 11.8 Å². The molecule has 1 rings (SSSR count). The quantitative estimate of drug-likeness (QED) is 0.862. The highest BCUT2D eigenvalue weighted by atomic mass is 19.4. The molecule has 5 nitrogen and oxygen atoms in total. The number of halogens is 3. The molecule has 0 fully saturated rings. The van der Waals surface area contributed by atoms with Crippen molar-refractivity contribution in [1.29, 1.82) is 0 Å². The van der Waals surface area contributed by atoms with Crippen molar-refractivity contribution < 1.29 is 22.6 Å². The van der Waals surface area contributed by atoms with E-state index in [1.54, 1.807) is 0 Å². The molecule has 8 heteroatoms. The summed E-state index contributed by atoms with van der Waals surface area (Å²) < 4.78 is 46.7. The zero-order valence-electron chi connectivity index (χ0n) is 10.9. The zero-order valence-corrected chi connectivity index (χ0v) is 10.9. The number of nitrogens with zero attached hydrogens (tertiary/aromatic N) is 2. The van der Waals surface area contributed by atoms with Crippen LogP contribution in [0.25, 0.3) is 0 Å². The number of nitrogens with one attached hydrogen (secondary N) is 1. The molecule has 108 valence electrons. The Morgan fingerprint density at radius 3 is 2.16 bits per heavy atom. The predicted molar refractivity (Wildman–Crippen MR) is 62.1 cm³/mol. The van der Waals surface area contributed by atoms with Crippen molar-refractivity contribution >= 4 is 0 Å². The number of hydrogen-bond acceptors (Lipinski definition) is 5. The van der Waals surface area contributed by atoms with E-state index in [1.807, 2.05) is 0 Å². The third-order valence-corrected chi connectivity index (χ3v) is 2.42. The van der Waals surface area contributed by atoms with Gasteiger partial charge in [0, 0.05) is 12.6 Å². The van der Waals surface area contributed by atoms with Crippen LogP contribution in [0.15, 0.2) is 6.33 Å². The molecule has 0 bridgehead atoms. The zero-order chi connectivity index (χ0) is 14.5. The first kappa shape index (κ1) is 15.5. The second-order valence-corrected chi connectivity index (χ2v) is 3.97. The third kappa shape index (κ3) is 4.90. The van der Waals surface area contributed by atoms with Crippen LogP contribution in [0, 0.1) is 0 Å². The van der Waals surface area contributed by atoms with Crippen molar-refractivity contribution in [2.75, 3.05) is 14.2 Å². The summed E-state index contributed by atoms with van der Waals surface area (Å²) >= 11 is 0. The van der Waals surface area contributed by atoms with Gasteiger partial charge in [0.15, 0.2) is 0 Å². The van der Waals surface area contributed by atoms with Gasteiger partial charge in [0.05, 0.1) is 26.2 Å². The average molecular weight is 279 g/mol. The average Bonchev–Trinajstić information content (AvgIpc) is 2.33. The SMILES string of the molecule is COc1ncnc(OC)c1CNC(C)CC(F)(F)F. The number of ether oxygens (including phenoxy) is 2. The molecule has 0 aromatic carbocycles. The van der Waals surface area contributed by atoms with Crippen LogP contribution < -0.4 is 14.8 Å². The smallest absolute Gasteiger partial charge is 0.390 e. The van der Waals surface area contributed by atoms with Crippen LogP contribution in [0.1, 0.15) is 18.9 Å². The van der Waals surface area contributed by atoms with Gasteiger partial charge in [-0.2, -0.15) is 13.2 Å². The first-order valence-corrected chi connectivity index (χ1v) is 5.59. The van der Waals surface area contributed by atoms with Gasteiger partial charge in [-0.05, 0) is 6.92 Å². The van der Waals surface area contributed by atoms with E-state index < -0.39 is 18.6 Å². The summed E-state index contributed by atoms with van der Waals surface area (Å²) in [5.74, 6) is 0.553. The minimum Gasteiger partial charge on any atom is -0.481 e. The maximum absolute atomic E-state index is 12.2. The van der Waals surface area contributed by atoms with Gasteiger partial charge in [-0.3, -0.25) is 0 Å². The number of methoxy groups -OCH3 is 2. The molecule has 0 aliphatic carbocycles. The second kappa shape index (κ2) is 6.55. The molecule has 0 spiro atoms. The Bertz CT molecular complexity index is 390. The number of rotatable bonds is 6. The van der Waals surface area contributed by atoms with Gasteiger partial charge in [-0.25, -0.2) is 9.97 Å². The molecule has 19 heavy (non-hydrogen) atoms. The van der Waals surface area contributed by atoms with Gasteiger partial charge >= 0.3 is 6.18 Å². The molecule has 0 saturated carbocycles. The van der Waals surface area contributed by atoms with Crippen molar-refractivity contribution in [3.05, 3.63) is 11.9 Å². The summed E-state index contributed by atoms with van der Waals surface area (Å²) in [6, 6.07) is -0.727. The van der Waals surface area contributed by atoms with Gasteiger partial charge in [0.1, 0.15) is 6.33 Å². The molecule has 1 unspecified atom stereocenters. The van der Waals surface area contributed by atoms with Crippen LogP contribution in [0.4, 0.5) is 13.2 Å². The topological polar surface area (TPSA) is 56.3 Å². The molecule has 0 saturated heterocycles. The molecule has 0 aliphatic rings. The Morgan fingerprint density at radius 2 is 1.74 bits per heavy atom. The largest absolute Gasteiger partial charge is 0.481 e. The standard InChI is InChI=1S/C11H16F3N3O2/c1-7(4-11(12,13)14)15-5-8-9(18-2)16-6-17-10(8)19-3/h6-7,15H,4-5H2,1-3H3. The summed E-state index contributed by atoms with van der Waals surface area (Å²) in [7, 11) is 2.84. The third-order valence-electron chi connectivity index (χ3n) is 2.42. The minimum atomic E-state index is -4.20. The van der Waals surface area contributed by atoms with E-state index in [4.69, 9.17) is 9.47 Å². The normalized spacial score (nSPS) is 13.2. The van der Waals surface area contributed by atoms with E-state index in [9.17, 15) is 13.2 Å². The van der Waals surface area contributed by atoms with Gasteiger partial charge in [-0.1, -0.05) is 0 Å². The van der Waals surface area contributed by atoms with Crippen molar-refractivity contribution in [1.82, 2.24) is 15.3 Å². The maximum Gasteiger partial charge on any atom is 0.390 e. The van der Waals surface area contributed by atoms with Crippen LogP contribution in [0.5, 0.6) is 11.8 Å². The van der Waals surface area contributed by atoms with E-state index in [-0.39, 0.29) is 18.3 Å². The first-order chi connectivity index (χ1) is 8.87. The van der Waals surface area contributed by atoms with E-state index in [1.165, 1.54) is 27.5 Å². The summed E-state index contributed by atoms with van der Waals surface area (Å²) in [5.41, 5.74) is 0.488. The monoisotopic (exact) mass is 279 g/mol. The molecular weight excluding hydrogens is 263 g/mol. The van der Waals surface area contributed by atoms with Gasteiger partial charge in [0.25, 0.3) is 0 Å². The maximum atomic E-state index is 12.2. The lowest BCUT2D eigenvalue weighted by molar-refractivity contribution is -0.139. The number of aromatic nitrogens is 2. The van der Waals surface area contributed by atoms with Crippen LogP contribution in [0.2, 0.25) is 0 Å². The Hall–Kier alpha value is -1.57. The van der Waals surface area contributed by atoms with Crippen molar-refractivity contribution in [2.24, 2.45) is 0 Å². The highest BCUT2D eigenvalue weighted by molar-refractivity contribution is 5.34. The van der Waals surface area contributed by atoms with E-state index in [0.29, 0.717) is 5.56 Å². The highest BCUT2D eigenvalue weighted by Gasteiger charge is 2.30. The summed E-state index contributed by atoms with van der Waals surface area (Å²) in [5, 5.41) is 2.74. The van der Waals surface area contributed by atoms with Crippen LogP contribution in [0.3, 0.4) is 0 Å². The molecule has 1 aromatic heterocycles. The summed E-state index contributed by atoms with van der Waals surface area (Å²) in [6.45, 7) is 1.58. The van der Waals surface area contributed by atoms with Gasteiger partial charge in [-0.15, -0.1) is 0 Å². The molecule has 1 heterocycles. The first-order valence-electron chi connectivity index (χ1n) is 5.59. The molecule has 1 aromatic rings. The molecule has 0 radical (unpaired) electrons. The Balaban J connectivity index is 2.71. The van der Waals surface area contributed by atoms with Gasteiger partial charge < -0.3 is 14.8 Å². The van der Waals surface area contributed by atoms with E-state index >= 15 is 0 Å². The lowest BCUT2D eigenvalue weighted by atomic mass is 10.2. The van der Waals surface area contributed by atoms with Crippen LogP contribution in [-0.2, 0) is 6.54 Å². The minimum absolute atomic E-state index is 0.129. The Labute approximate surface area is 109 Å². The Kier molecular flexibility index (Phi) is 5.34. The number of hydrogen-bond donors (Lipinski definition) is 1. The predicted octanol–water partition coefficient (Wildman–Crippen LogP) is 1.92. The van der Waals surface area contributed by atoms with E-state index in [0.717, 1.165) is 0 Å². The molecule has 1 N–H and O–H groups in total.